The van der Waals surface area contributed by atoms with Crippen LogP contribution in [0, 0.1) is 5.41 Å². The second kappa shape index (κ2) is 11.8. The Morgan fingerprint density at radius 2 is 2.03 bits per heavy atom. The first-order chi connectivity index (χ1) is 17.5. The van der Waals surface area contributed by atoms with E-state index < -0.39 is 0 Å². The van der Waals surface area contributed by atoms with Gasteiger partial charge in [-0.25, -0.2) is 10.8 Å². The number of allylic oxidation sites excluding steroid dienone is 1. The largest absolute Gasteiger partial charge is 0.395 e. The molecule has 0 bridgehead atoms. The molecule has 188 valence electrons. The van der Waals surface area contributed by atoms with Crippen LogP contribution in [0.2, 0.25) is 5.02 Å². The molecule has 0 amide bonds. The van der Waals surface area contributed by atoms with Crippen molar-refractivity contribution in [2.45, 2.75) is 19.0 Å². The third-order valence-electron chi connectivity index (χ3n) is 6.18. The molecule has 1 aromatic heterocycles. The van der Waals surface area contributed by atoms with Crippen LogP contribution in [0.3, 0.4) is 0 Å². The molecule has 9 nitrogen and oxygen atoms in total. The van der Waals surface area contributed by atoms with Crippen LogP contribution >= 0.6 is 11.6 Å². The van der Waals surface area contributed by atoms with Crippen LogP contribution in [-0.4, -0.2) is 30.8 Å². The number of piperazine rings is 1. The summed E-state index contributed by atoms with van der Waals surface area (Å²) in [6.07, 6.45) is 3.55. The summed E-state index contributed by atoms with van der Waals surface area (Å²) < 4.78 is 0. The molecule has 0 radical (unpaired) electrons. The number of aromatic nitrogens is 1. The number of halogens is 1. The molecule has 2 heterocycles. The van der Waals surface area contributed by atoms with Crippen LogP contribution in [0.25, 0.3) is 0 Å². The van der Waals surface area contributed by atoms with Gasteiger partial charge in [-0.2, -0.15) is 0 Å². The fourth-order valence-electron chi connectivity index (χ4n) is 4.34. The fourth-order valence-corrected chi connectivity index (χ4v) is 4.54. The number of nitrogen functional groups attached to an aromatic ring is 3. The summed E-state index contributed by atoms with van der Waals surface area (Å²) in [5.74, 6) is 6.11. The summed E-state index contributed by atoms with van der Waals surface area (Å²) in [5, 5.41) is 15.5. The highest BCUT2D eigenvalue weighted by Crippen LogP contribution is 2.26. The smallest absolute Gasteiger partial charge is 0.165 e. The molecule has 0 spiro atoms. The summed E-state index contributed by atoms with van der Waals surface area (Å²) >= 11 is 6.20. The molecule has 1 fully saturated rings. The average molecular weight is 506 g/mol. The zero-order valence-electron chi connectivity index (χ0n) is 20.0. The molecule has 2 aromatic carbocycles. The van der Waals surface area contributed by atoms with E-state index in [1.54, 1.807) is 6.07 Å². The van der Waals surface area contributed by atoms with Crippen molar-refractivity contribution < 1.29 is 0 Å². The van der Waals surface area contributed by atoms with Crippen molar-refractivity contribution in [2.24, 2.45) is 5.84 Å². The Morgan fingerprint density at radius 1 is 1.19 bits per heavy atom. The SMILES string of the molecule is N=C/C(=C\NCc1cccc(N2CCNC(c3cccc(Cl)c3)C2)c1)Cc1cc(N)nc(NN)c1N. The van der Waals surface area contributed by atoms with Gasteiger partial charge in [-0.1, -0.05) is 35.9 Å². The molecule has 10 heteroatoms. The Hall–Kier alpha value is -3.79. The van der Waals surface area contributed by atoms with Gasteiger partial charge in [0.1, 0.15) is 5.82 Å². The first-order valence-electron chi connectivity index (χ1n) is 11.7. The number of anilines is 4. The molecule has 1 aliphatic rings. The van der Waals surface area contributed by atoms with Crippen molar-refractivity contribution in [3.8, 4) is 0 Å². The van der Waals surface area contributed by atoms with E-state index in [4.69, 9.17) is 34.3 Å². The van der Waals surface area contributed by atoms with Crippen molar-refractivity contribution in [3.05, 3.63) is 88.1 Å². The maximum atomic E-state index is 7.80. The molecule has 36 heavy (non-hydrogen) atoms. The number of hydrogen-bond donors (Lipinski definition) is 7. The molecule has 10 N–H and O–H groups in total. The third-order valence-corrected chi connectivity index (χ3v) is 6.41. The van der Waals surface area contributed by atoms with Gasteiger partial charge in [0.05, 0.1) is 5.69 Å². The van der Waals surface area contributed by atoms with Gasteiger partial charge in [0.2, 0.25) is 0 Å². The number of nitrogens with zero attached hydrogens (tertiary/aromatic N) is 2. The van der Waals surface area contributed by atoms with Crippen molar-refractivity contribution >= 4 is 40.8 Å². The summed E-state index contributed by atoms with van der Waals surface area (Å²) in [6.45, 7) is 3.32. The number of nitrogens with two attached hydrogens (primary N) is 3. The summed E-state index contributed by atoms with van der Waals surface area (Å²) in [4.78, 5) is 6.46. The molecule has 1 aliphatic heterocycles. The van der Waals surface area contributed by atoms with Crippen molar-refractivity contribution in [1.82, 2.24) is 15.6 Å². The standard InChI is InChI=1S/C26H32ClN9/c27-21-5-2-4-19(11-21)23-16-36(8-7-33-23)22-6-1-3-17(10-22)14-32-15-18(13-28)9-20-12-24(29)34-26(35-31)25(20)30/h1-6,10-13,15,23,28,32-33H,7-9,14,16,30-31H2,(H3,29,34,35)/b18-15-,28-13?. The van der Waals surface area contributed by atoms with E-state index >= 15 is 0 Å². The zero-order chi connectivity index (χ0) is 25.5. The van der Waals surface area contributed by atoms with E-state index in [0.717, 1.165) is 41.4 Å². The Morgan fingerprint density at radius 3 is 2.81 bits per heavy atom. The van der Waals surface area contributed by atoms with Crippen LogP contribution < -0.4 is 38.3 Å². The summed E-state index contributed by atoms with van der Waals surface area (Å²) in [6, 6.07) is 18.5. The lowest BCUT2D eigenvalue weighted by Crippen LogP contribution is -2.45. The van der Waals surface area contributed by atoms with Gasteiger partial charge >= 0.3 is 0 Å². The third kappa shape index (κ3) is 6.25. The number of nitrogens with one attached hydrogen (secondary N) is 4. The predicted molar refractivity (Wildman–Crippen MR) is 149 cm³/mol. The van der Waals surface area contributed by atoms with Crippen LogP contribution in [-0.2, 0) is 13.0 Å². The van der Waals surface area contributed by atoms with E-state index in [9.17, 15) is 0 Å². The van der Waals surface area contributed by atoms with Gasteiger partial charge in [-0.3, -0.25) is 0 Å². The number of pyridine rings is 1. The van der Waals surface area contributed by atoms with E-state index in [0.29, 0.717) is 30.3 Å². The Kier molecular flexibility index (Phi) is 8.27. The second-order valence-corrected chi connectivity index (χ2v) is 9.15. The van der Waals surface area contributed by atoms with Gasteiger partial charge < -0.3 is 37.8 Å². The lowest BCUT2D eigenvalue weighted by molar-refractivity contribution is 0.472. The maximum Gasteiger partial charge on any atom is 0.165 e. The minimum absolute atomic E-state index is 0.224. The van der Waals surface area contributed by atoms with Crippen molar-refractivity contribution in [1.29, 1.82) is 5.41 Å². The fraction of sp³-hybridized carbons (Fsp3) is 0.231. The highest BCUT2D eigenvalue weighted by Gasteiger charge is 2.21. The number of rotatable bonds is 9. The van der Waals surface area contributed by atoms with E-state index in [-0.39, 0.29) is 6.04 Å². The second-order valence-electron chi connectivity index (χ2n) is 8.71. The van der Waals surface area contributed by atoms with Gasteiger partial charge in [0, 0.05) is 61.8 Å². The zero-order valence-corrected chi connectivity index (χ0v) is 20.7. The summed E-state index contributed by atoms with van der Waals surface area (Å²) in [7, 11) is 0. The van der Waals surface area contributed by atoms with Crippen LogP contribution in [0.1, 0.15) is 22.7 Å². The van der Waals surface area contributed by atoms with Crippen LogP contribution in [0.15, 0.2) is 66.4 Å². The molecule has 1 unspecified atom stereocenters. The number of hydrogen-bond acceptors (Lipinski definition) is 9. The lowest BCUT2D eigenvalue weighted by atomic mass is 10.0. The predicted octanol–water partition coefficient (Wildman–Crippen LogP) is 3.20. The normalized spacial score (nSPS) is 16.0. The van der Waals surface area contributed by atoms with E-state index in [2.05, 4.69) is 56.3 Å². The first-order valence-corrected chi connectivity index (χ1v) is 12.1. The van der Waals surface area contributed by atoms with Crippen molar-refractivity contribution in [3.63, 3.8) is 0 Å². The molecule has 1 saturated heterocycles. The quantitative estimate of drug-likeness (QED) is 0.133. The first kappa shape index (κ1) is 25.3. The monoisotopic (exact) mass is 505 g/mol. The van der Waals surface area contributed by atoms with Crippen LogP contribution in [0.5, 0.6) is 0 Å². The van der Waals surface area contributed by atoms with E-state index in [1.807, 2.05) is 24.4 Å². The maximum absolute atomic E-state index is 7.80. The van der Waals surface area contributed by atoms with Crippen LogP contribution in [0.4, 0.5) is 23.0 Å². The summed E-state index contributed by atoms with van der Waals surface area (Å²) in [5.41, 5.74) is 19.9. The van der Waals surface area contributed by atoms with Gasteiger partial charge in [-0.15, -0.1) is 0 Å². The Balaban J connectivity index is 1.40. The molecule has 1 atom stereocenters. The highest BCUT2D eigenvalue weighted by molar-refractivity contribution is 6.30. The van der Waals surface area contributed by atoms with Crippen molar-refractivity contribution in [2.75, 3.05) is 41.4 Å². The Labute approximate surface area is 216 Å². The molecule has 4 rings (SSSR count). The van der Waals surface area contributed by atoms with Gasteiger partial charge in [0.25, 0.3) is 0 Å². The highest BCUT2D eigenvalue weighted by atomic mass is 35.5. The topological polar surface area (TPSA) is 154 Å². The van der Waals surface area contributed by atoms with Gasteiger partial charge in [0.15, 0.2) is 5.82 Å². The molecule has 0 aliphatic carbocycles. The number of hydrazine groups is 1. The minimum Gasteiger partial charge on any atom is -0.395 e. The number of benzene rings is 2. The molecule has 0 saturated carbocycles. The van der Waals surface area contributed by atoms with Gasteiger partial charge in [-0.05, 0) is 52.6 Å². The minimum atomic E-state index is 0.224. The molecular weight excluding hydrogens is 474 g/mol. The lowest BCUT2D eigenvalue weighted by Gasteiger charge is -2.35. The Bertz CT molecular complexity index is 1240. The average Bonchev–Trinajstić information content (AvgIpc) is 2.90. The van der Waals surface area contributed by atoms with E-state index in [1.165, 1.54) is 17.5 Å². The molecular formula is C26H32ClN9. The molecule has 3 aromatic rings.